The highest BCUT2D eigenvalue weighted by Crippen LogP contribution is 2.38. The lowest BCUT2D eigenvalue weighted by molar-refractivity contribution is 0.0783. The number of carbonyl (C=O) groups is 1. The average molecular weight is 235 g/mol. The molecule has 2 unspecified atom stereocenters. The van der Waals surface area contributed by atoms with Gasteiger partial charge in [-0.1, -0.05) is 6.92 Å². The fraction of sp³-hybridized carbons (Fsp3) is 0.462. The lowest BCUT2D eigenvalue weighted by Crippen LogP contribution is -2.29. The van der Waals surface area contributed by atoms with Crippen molar-refractivity contribution in [1.29, 1.82) is 0 Å². The minimum atomic E-state index is -0.252. The summed E-state index contributed by atoms with van der Waals surface area (Å²) in [4.78, 5) is 13.6. The van der Waals surface area contributed by atoms with Crippen LogP contribution in [0.25, 0.3) is 0 Å². The maximum Gasteiger partial charge on any atom is 0.257 e. The van der Waals surface area contributed by atoms with Crippen molar-refractivity contribution in [3.05, 3.63) is 23.8 Å². The number of benzene rings is 1. The van der Waals surface area contributed by atoms with Gasteiger partial charge in [-0.05, 0) is 36.5 Å². The molecule has 0 aliphatic heterocycles. The molecule has 2 atom stereocenters. The van der Waals surface area contributed by atoms with E-state index in [2.05, 4.69) is 6.92 Å². The molecule has 1 saturated carbocycles. The first-order valence-corrected chi connectivity index (χ1v) is 5.76. The lowest BCUT2D eigenvalue weighted by atomic mass is 10.1. The topological polar surface area (TPSA) is 60.8 Å². The monoisotopic (exact) mass is 235 g/mol. The van der Waals surface area contributed by atoms with E-state index in [-0.39, 0.29) is 23.0 Å². The molecule has 1 aliphatic rings. The van der Waals surface area contributed by atoms with Crippen molar-refractivity contribution in [3.63, 3.8) is 0 Å². The Morgan fingerprint density at radius 1 is 1.47 bits per heavy atom. The van der Waals surface area contributed by atoms with Crippen LogP contribution in [0.1, 0.15) is 23.7 Å². The van der Waals surface area contributed by atoms with E-state index in [4.69, 9.17) is 0 Å². The second-order valence-corrected chi connectivity index (χ2v) is 4.86. The molecule has 2 rings (SSSR count). The van der Waals surface area contributed by atoms with Gasteiger partial charge in [-0.2, -0.15) is 0 Å². The predicted molar refractivity (Wildman–Crippen MR) is 64.0 cm³/mol. The van der Waals surface area contributed by atoms with E-state index in [0.29, 0.717) is 18.4 Å². The van der Waals surface area contributed by atoms with E-state index in [1.165, 1.54) is 18.2 Å². The van der Waals surface area contributed by atoms with Gasteiger partial charge >= 0.3 is 0 Å². The van der Waals surface area contributed by atoms with E-state index in [9.17, 15) is 15.0 Å². The molecule has 1 aliphatic carbocycles. The number of carbonyl (C=O) groups excluding carboxylic acids is 1. The Hall–Kier alpha value is -1.71. The van der Waals surface area contributed by atoms with Crippen LogP contribution in [0.3, 0.4) is 0 Å². The molecule has 1 amide bonds. The number of nitrogens with zero attached hydrogens (tertiary/aromatic N) is 1. The van der Waals surface area contributed by atoms with Crippen LogP contribution in [-0.2, 0) is 0 Å². The number of amides is 1. The Labute approximate surface area is 100 Å². The van der Waals surface area contributed by atoms with Crippen LogP contribution in [0.2, 0.25) is 0 Å². The average Bonchev–Trinajstić information content (AvgIpc) is 2.96. The molecule has 0 heterocycles. The van der Waals surface area contributed by atoms with Gasteiger partial charge in [0, 0.05) is 13.6 Å². The Balaban J connectivity index is 2.10. The number of phenolic OH excluding ortho intramolecular Hbond substituents is 2. The Morgan fingerprint density at radius 2 is 2.12 bits per heavy atom. The van der Waals surface area contributed by atoms with Crippen LogP contribution in [0.4, 0.5) is 0 Å². The van der Waals surface area contributed by atoms with Crippen molar-refractivity contribution in [1.82, 2.24) is 4.90 Å². The summed E-state index contributed by atoms with van der Waals surface area (Å²) in [7, 11) is 1.72. The molecule has 4 heteroatoms. The first-order valence-electron chi connectivity index (χ1n) is 5.76. The number of rotatable bonds is 3. The van der Waals surface area contributed by atoms with E-state index >= 15 is 0 Å². The summed E-state index contributed by atoms with van der Waals surface area (Å²) in [5.74, 6) is 0.895. The molecule has 0 radical (unpaired) electrons. The van der Waals surface area contributed by atoms with Crippen LogP contribution in [0.15, 0.2) is 18.2 Å². The maximum atomic E-state index is 12.0. The predicted octanol–water partition coefficient (Wildman–Crippen LogP) is 1.83. The minimum absolute atomic E-state index is 0.0145. The summed E-state index contributed by atoms with van der Waals surface area (Å²) in [6, 6.07) is 3.98. The summed E-state index contributed by atoms with van der Waals surface area (Å²) in [6.45, 7) is 2.86. The van der Waals surface area contributed by atoms with Gasteiger partial charge in [0.15, 0.2) is 0 Å². The number of hydrogen-bond donors (Lipinski definition) is 2. The normalized spacial score (nSPS) is 22.2. The second kappa shape index (κ2) is 4.28. The third kappa shape index (κ3) is 2.52. The molecule has 17 heavy (non-hydrogen) atoms. The number of phenols is 2. The van der Waals surface area contributed by atoms with Gasteiger partial charge in [0.05, 0.1) is 5.56 Å². The Bertz CT molecular complexity index is 444. The molecular weight excluding hydrogens is 218 g/mol. The van der Waals surface area contributed by atoms with Crippen LogP contribution < -0.4 is 0 Å². The first kappa shape index (κ1) is 11.8. The molecule has 0 bridgehead atoms. The van der Waals surface area contributed by atoms with Crippen LogP contribution in [-0.4, -0.2) is 34.6 Å². The summed E-state index contributed by atoms with van der Waals surface area (Å²) >= 11 is 0. The molecule has 0 aromatic heterocycles. The standard InChI is InChI=1S/C13H17NO3/c1-8-5-9(8)7-14(2)13(17)11-6-10(15)3-4-12(11)16/h3-4,6,8-9,15-16H,5,7H2,1-2H3. The van der Waals surface area contributed by atoms with E-state index < -0.39 is 0 Å². The molecular formula is C13H17NO3. The quantitative estimate of drug-likeness (QED) is 0.786. The van der Waals surface area contributed by atoms with Gasteiger partial charge in [0.1, 0.15) is 11.5 Å². The highest BCUT2D eigenvalue weighted by Gasteiger charge is 2.34. The van der Waals surface area contributed by atoms with Gasteiger partial charge in [-0.15, -0.1) is 0 Å². The van der Waals surface area contributed by atoms with Crippen molar-refractivity contribution in [3.8, 4) is 11.5 Å². The Morgan fingerprint density at radius 3 is 2.71 bits per heavy atom. The Kier molecular flexibility index (Phi) is 2.96. The van der Waals surface area contributed by atoms with Crippen molar-refractivity contribution < 1.29 is 15.0 Å². The largest absolute Gasteiger partial charge is 0.508 e. The summed E-state index contributed by atoms with van der Waals surface area (Å²) in [6.07, 6.45) is 1.16. The highest BCUT2D eigenvalue weighted by molar-refractivity contribution is 5.97. The molecule has 1 aromatic carbocycles. The minimum Gasteiger partial charge on any atom is -0.508 e. The molecule has 92 valence electrons. The fourth-order valence-corrected chi connectivity index (χ4v) is 1.99. The lowest BCUT2D eigenvalue weighted by Gasteiger charge is -2.17. The third-order valence-corrected chi connectivity index (χ3v) is 3.34. The molecule has 0 saturated heterocycles. The second-order valence-electron chi connectivity index (χ2n) is 4.86. The van der Waals surface area contributed by atoms with Gasteiger partial charge in [0.2, 0.25) is 0 Å². The molecule has 2 N–H and O–H groups in total. The zero-order valence-corrected chi connectivity index (χ0v) is 10.1. The van der Waals surface area contributed by atoms with Gasteiger partial charge in [0.25, 0.3) is 5.91 Å². The first-order chi connectivity index (χ1) is 7.99. The van der Waals surface area contributed by atoms with Gasteiger partial charge in [-0.3, -0.25) is 4.79 Å². The van der Waals surface area contributed by atoms with Crippen molar-refractivity contribution in [2.75, 3.05) is 13.6 Å². The fourth-order valence-electron chi connectivity index (χ4n) is 1.99. The van der Waals surface area contributed by atoms with Crippen molar-refractivity contribution >= 4 is 5.91 Å². The smallest absolute Gasteiger partial charge is 0.257 e. The maximum absolute atomic E-state index is 12.0. The van der Waals surface area contributed by atoms with E-state index in [1.54, 1.807) is 11.9 Å². The summed E-state index contributed by atoms with van der Waals surface area (Å²) in [5, 5.41) is 18.9. The zero-order chi connectivity index (χ0) is 12.6. The summed E-state index contributed by atoms with van der Waals surface area (Å²) < 4.78 is 0. The molecule has 1 aromatic rings. The molecule has 1 fully saturated rings. The highest BCUT2D eigenvalue weighted by atomic mass is 16.3. The van der Waals surface area contributed by atoms with Crippen LogP contribution in [0, 0.1) is 11.8 Å². The SMILES string of the molecule is CC1CC1CN(C)C(=O)c1cc(O)ccc1O. The van der Waals surface area contributed by atoms with Crippen LogP contribution in [0.5, 0.6) is 11.5 Å². The number of hydrogen-bond acceptors (Lipinski definition) is 3. The number of aromatic hydroxyl groups is 2. The third-order valence-electron chi connectivity index (χ3n) is 3.34. The summed E-state index contributed by atoms with van der Waals surface area (Å²) in [5.41, 5.74) is 0.154. The van der Waals surface area contributed by atoms with Crippen molar-refractivity contribution in [2.45, 2.75) is 13.3 Å². The van der Waals surface area contributed by atoms with E-state index in [0.717, 1.165) is 6.42 Å². The van der Waals surface area contributed by atoms with E-state index in [1.807, 2.05) is 0 Å². The van der Waals surface area contributed by atoms with Gasteiger partial charge in [-0.25, -0.2) is 0 Å². The van der Waals surface area contributed by atoms with Crippen LogP contribution >= 0.6 is 0 Å². The molecule has 4 nitrogen and oxygen atoms in total. The van der Waals surface area contributed by atoms with Crippen molar-refractivity contribution in [2.24, 2.45) is 11.8 Å². The van der Waals surface area contributed by atoms with Gasteiger partial charge < -0.3 is 15.1 Å². The zero-order valence-electron chi connectivity index (χ0n) is 10.1. The molecule has 0 spiro atoms.